The van der Waals surface area contributed by atoms with Crippen molar-refractivity contribution in [2.45, 2.75) is 64.5 Å². The van der Waals surface area contributed by atoms with Gasteiger partial charge in [-0.25, -0.2) is 9.59 Å². The summed E-state index contributed by atoms with van der Waals surface area (Å²) in [7, 11) is 0. The second-order valence-electron chi connectivity index (χ2n) is 7.47. The van der Waals surface area contributed by atoms with Gasteiger partial charge in [0, 0.05) is 44.7 Å². The number of alkyl carbamates (subject to hydrolysis) is 2. The molecule has 0 atom stereocenters. The summed E-state index contributed by atoms with van der Waals surface area (Å²) in [5.74, 6) is 0. The lowest BCUT2D eigenvalue weighted by Crippen LogP contribution is -2.45. The minimum Gasteiger partial charge on any atom is -0.449 e. The zero-order chi connectivity index (χ0) is 20.8. The molecule has 0 aliphatic carbocycles. The average molecular weight is 392 g/mol. The molecule has 0 aliphatic rings. The molecule has 0 fully saturated rings. The predicted octanol–water partition coefficient (Wildman–Crippen LogP) is 1.56. The van der Waals surface area contributed by atoms with E-state index in [1.165, 1.54) is 0 Å². The Balaban J connectivity index is 4.00. The molecule has 0 bridgehead atoms. The van der Waals surface area contributed by atoms with Gasteiger partial charge < -0.3 is 35.1 Å². The van der Waals surface area contributed by atoms with E-state index in [0.29, 0.717) is 38.8 Å². The molecule has 0 aromatic heterocycles. The van der Waals surface area contributed by atoms with Gasteiger partial charge in [-0.2, -0.15) is 0 Å². The maximum Gasteiger partial charge on any atom is 0.407 e. The van der Waals surface area contributed by atoms with E-state index < -0.39 is 23.3 Å². The van der Waals surface area contributed by atoms with Crippen LogP contribution >= 0.6 is 0 Å². The second-order valence-corrected chi connectivity index (χ2v) is 7.47. The summed E-state index contributed by atoms with van der Waals surface area (Å²) in [5.41, 5.74) is -0.947. The molecule has 4 N–H and O–H groups in total. The van der Waals surface area contributed by atoms with Crippen LogP contribution in [-0.4, -0.2) is 73.1 Å². The Labute approximate surface area is 161 Å². The SMILES string of the molecule is CC(C)(CCOC(C)(C)CCNC(=O)OCCCO)NC(=O)OCCCO. The summed E-state index contributed by atoms with van der Waals surface area (Å²) >= 11 is 0. The van der Waals surface area contributed by atoms with Gasteiger partial charge in [0.1, 0.15) is 0 Å². The van der Waals surface area contributed by atoms with E-state index in [1.54, 1.807) is 0 Å². The maximum absolute atomic E-state index is 11.7. The van der Waals surface area contributed by atoms with Gasteiger partial charge in [-0.15, -0.1) is 0 Å². The maximum atomic E-state index is 11.7. The summed E-state index contributed by atoms with van der Waals surface area (Å²) in [4.78, 5) is 23.1. The Hall–Kier alpha value is -1.58. The fourth-order valence-corrected chi connectivity index (χ4v) is 2.00. The van der Waals surface area contributed by atoms with E-state index in [9.17, 15) is 9.59 Å². The molecule has 9 nitrogen and oxygen atoms in total. The number of aliphatic hydroxyl groups excluding tert-OH is 2. The Morgan fingerprint density at radius 3 is 1.96 bits per heavy atom. The number of aliphatic hydroxyl groups is 2. The van der Waals surface area contributed by atoms with Gasteiger partial charge in [0.25, 0.3) is 0 Å². The van der Waals surface area contributed by atoms with Crippen molar-refractivity contribution in [2.75, 3.05) is 39.6 Å². The van der Waals surface area contributed by atoms with Crippen LogP contribution in [-0.2, 0) is 14.2 Å². The lowest BCUT2D eigenvalue weighted by molar-refractivity contribution is -0.0300. The number of carbonyl (C=O) groups is 2. The van der Waals surface area contributed by atoms with Crippen molar-refractivity contribution in [3.8, 4) is 0 Å². The Morgan fingerprint density at radius 2 is 1.41 bits per heavy atom. The van der Waals surface area contributed by atoms with Crippen LogP contribution in [0.15, 0.2) is 0 Å². The molecule has 9 heteroatoms. The minimum absolute atomic E-state index is 0.0141. The zero-order valence-electron chi connectivity index (χ0n) is 17.0. The molecule has 160 valence electrons. The molecule has 0 heterocycles. The van der Waals surface area contributed by atoms with Gasteiger partial charge in [-0.3, -0.25) is 0 Å². The number of ether oxygens (including phenoxy) is 3. The van der Waals surface area contributed by atoms with E-state index >= 15 is 0 Å². The quantitative estimate of drug-likeness (QED) is 0.330. The van der Waals surface area contributed by atoms with Crippen molar-refractivity contribution < 1.29 is 34.0 Å². The Morgan fingerprint density at radius 1 is 0.852 bits per heavy atom. The number of hydrogen-bond acceptors (Lipinski definition) is 7. The monoisotopic (exact) mass is 392 g/mol. The smallest absolute Gasteiger partial charge is 0.407 e. The first-order valence-electron chi connectivity index (χ1n) is 9.33. The van der Waals surface area contributed by atoms with Crippen molar-refractivity contribution in [2.24, 2.45) is 0 Å². The molecule has 0 saturated carbocycles. The van der Waals surface area contributed by atoms with Crippen LogP contribution in [0.4, 0.5) is 9.59 Å². The van der Waals surface area contributed by atoms with Crippen molar-refractivity contribution in [1.29, 1.82) is 0 Å². The molecule has 0 aliphatic heterocycles. The highest BCUT2D eigenvalue weighted by Gasteiger charge is 2.24. The first-order valence-corrected chi connectivity index (χ1v) is 9.33. The van der Waals surface area contributed by atoms with Gasteiger partial charge in [0.05, 0.1) is 18.8 Å². The molecule has 0 unspecified atom stereocenters. The van der Waals surface area contributed by atoms with Crippen LogP contribution in [0.2, 0.25) is 0 Å². The molecule has 27 heavy (non-hydrogen) atoms. The van der Waals surface area contributed by atoms with Crippen LogP contribution in [0, 0.1) is 0 Å². The molecule has 2 amide bonds. The van der Waals surface area contributed by atoms with Gasteiger partial charge in [0.15, 0.2) is 0 Å². The zero-order valence-corrected chi connectivity index (χ0v) is 17.0. The number of rotatable bonds is 14. The van der Waals surface area contributed by atoms with Gasteiger partial charge in [0.2, 0.25) is 0 Å². The first-order chi connectivity index (χ1) is 12.6. The largest absolute Gasteiger partial charge is 0.449 e. The van der Waals surface area contributed by atoms with E-state index in [0.717, 1.165) is 0 Å². The molecule has 0 aromatic carbocycles. The van der Waals surface area contributed by atoms with Crippen LogP contribution in [0.5, 0.6) is 0 Å². The lowest BCUT2D eigenvalue weighted by Gasteiger charge is -2.30. The standard InChI is InChI=1S/C18H36N2O7/c1-17(2,20-16(24)26-13-6-11-22)8-14-27-18(3,4)7-9-19-15(23)25-12-5-10-21/h21-22H,5-14H2,1-4H3,(H,19,23)(H,20,24). The van der Waals surface area contributed by atoms with E-state index in [2.05, 4.69) is 10.6 Å². The van der Waals surface area contributed by atoms with E-state index in [1.807, 2.05) is 27.7 Å². The highest BCUT2D eigenvalue weighted by molar-refractivity contribution is 5.68. The van der Waals surface area contributed by atoms with E-state index in [-0.39, 0.29) is 26.4 Å². The molecular weight excluding hydrogens is 356 g/mol. The Bertz CT molecular complexity index is 428. The third-order valence-corrected chi connectivity index (χ3v) is 3.73. The van der Waals surface area contributed by atoms with E-state index in [4.69, 9.17) is 24.4 Å². The number of amides is 2. The first kappa shape index (κ1) is 25.4. The molecule has 0 saturated heterocycles. The van der Waals surface area contributed by atoms with Crippen molar-refractivity contribution >= 4 is 12.2 Å². The van der Waals surface area contributed by atoms with Crippen LogP contribution in [0.1, 0.15) is 53.4 Å². The fourth-order valence-electron chi connectivity index (χ4n) is 2.00. The molecule has 0 rings (SSSR count). The number of nitrogens with one attached hydrogen (secondary N) is 2. The molecule has 0 spiro atoms. The molecule has 0 aromatic rings. The summed E-state index contributed by atoms with van der Waals surface area (Å²) in [6, 6.07) is 0. The normalized spacial score (nSPS) is 11.8. The predicted molar refractivity (Wildman–Crippen MR) is 101 cm³/mol. The van der Waals surface area contributed by atoms with Gasteiger partial charge in [-0.05, 0) is 40.5 Å². The highest BCUT2D eigenvalue weighted by Crippen LogP contribution is 2.17. The summed E-state index contributed by atoms with van der Waals surface area (Å²) < 4.78 is 15.7. The van der Waals surface area contributed by atoms with Gasteiger partial charge >= 0.3 is 12.2 Å². The average Bonchev–Trinajstić information content (AvgIpc) is 2.54. The Kier molecular flexibility index (Phi) is 12.8. The third-order valence-electron chi connectivity index (χ3n) is 3.73. The van der Waals surface area contributed by atoms with Crippen LogP contribution in [0.3, 0.4) is 0 Å². The van der Waals surface area contributed by atoms with Gasteiger partial charge in [-0.1, -0.05) is 0 Å². The topological polar surface area (TPSA) is 126 Å². The molecule has 0 radical (unpaired) electrons. The van der Waals surface area contributed by atoms with Crippen LogP contribution in [0.25, 0.3) is 0 Å². The lowest BCUT2D eigenvalue weighted by atomic mass is 10.0. The van der Waals surface area contributed by atoms with Crippen molar-refractivity contribution in [3.05, 3.63) is 0 Å². The number of carbonyl (C=O) groups excluding carboxylic acids is 2. The fraction of sp³-hybridized carbons (Fsp3) is 0.889. The summed E-state index contributed by atoms with van der Waals surface area (Å²) in [6.07, 6.45) is 0.983. The summed E-state index contributed by atoms with van der Waals surface area (Å²) in [6.45, 7) is 8.77. The minimum atomic E-state index is -0.517. The van der Waals surface area contributed by atoms with Crippen molar-refractivity contribution in [1.82, 2.24) is 10.6 Å². The second kappa shape index (κ2) is 13.6. The third kappa shape index (κ3) is 15.2. The number of hydrogen-bond donors (Lipinski definition) is 4. The highest BCUT2D eigenvalue weighted by atomic mass is 16.6. The van der Waals surface area contributed by atoms with Crippen LogP contribution < -0.4 is 10.6 Å². The van der Waals surface area contributed by atoms with Crippen molar-refractivity contribution in [3.63, 3.8) is 0 Å². The summed E-state index contributed by atoms with van der Waals surface area (Å²) in [5, 5.41) is 22.7. The molecular formula is C18H36N2O7.